The lowest BCUT2D eigenvalue weighted by molar-refractivity contribution is -0.119. The second kappa shape index (κ2) is 5.46. The van der Waals surface area contributed by atoms with E-state index in [-0.39, 0.29) is 18.6 Å². The van der Waals surface area contributed by atoms with Crippen molar-refractivity contribution in [2.75, 3.05) is 5.32 Å². The van der Waals surface area contributed by atoms with E-state index < -0.39 is 0 Å². The Hall–Kier alpha value is -2.14. The number of carbonyl (C=O) groups excluding carboxylic acids is 1. The van der Waals surface area contributed by atoms with Crippen LogP contribution in [-0.4, -0.2) is 20.8 Å². The summed E-state index contributed by atoms with van der Waals surface area (Å²) in [6, 6.07) is 8.48. The Labute approximate surface area is 105 Å². The summed E-state index contributed by atoms with van der Waals surface area (Å²) in [7, 11) is 0. The van der Waals surface area contributed by atoms with Crippen LogP contribution in [0.15, 0.2) is 42.7 Å². The molecule has 0 saturated heterocycles. The zero-order valence-corrected chi connectivity index (χ0v) is 10.1. The Morgan fingerprint density at radius 1 is 1.44 bits per heavy atom. The van der Waals surface area contributed by atoms with Crippen molar-refractivity contribution < 1.29 is 9.90 Å². The number of nitrogens with one attached hydrogen (secondary N) is 1. The number of nitrogens with zero attached hydrogens (tertiary/aromatic N) is 2. The molecule has 18 heavy (non-hydrogen) atoms. The highest BCUT2D eigenvalue weighted by atomic mass is 16.3. The number of aliphatic hydroxyl groups excluding tert-OH is 1. The zero-order chi connectivity index (χ0) is 13.0. The van der Waals surface area contributed by atoms with Gasteiger partial charge in [-0.25, -0.2) is 0 Å². The quantitative estimate of drug-likeness (QED) is 0.859. The van der Waals surface area contributed by atoms with Gasteiger partial charge in [-0.2, -0.15) is 5.10 Å². The molecular weight excluding hydrogens is 230 g/mol. The topological polar surface area (TPSA) is 67.2 Å². The summed E-state index contributed by atoms with van der Waals surface area (Å²) in [5, 5.41) is 15.8. The van der Waals surface area contributed by atoms with Gasteiger partial charge in [0.15, 0.2) is 0 Å². The van der Waals surface area contributed by atoms with Gasteiger partial charge in [-0.05, 0) is 30.7 Å². The Kier molecular flexibility index (Phi) is 3.74. The van der Waals surface area contributed by atoms with Gasteiger partial charge in [0, 0.05) is 18.1 Å². The average molecular weight is 245 g/mol. The predicted molar refractivity (Wildman–Crippen MR) is 67.9 cm³/mol. The van der Waals surface area contributed by atoms with E-state index in [4.69, 9.17) is 5.11 Å². The van der Waals surface area contributed by atoms with Gasteiger partial charge < -0.3 is 10.4 Å². The second-order valence-electron chi connectivity index (χ2n) is 4.01. The molecule has 1 heterocycles. The van der Waals surface area contributed by atoms with Crippen LogP contribution in [0.1, 0.15) is 18.5 Å². The number of amides is 1. The number of hydrogen-bond donors (Lipinski definition) is 2. The molecule has 1 atom stereocenters. The number of hydrogen-bond acceptors (Lipinski definition) is 3. The minimum Gasteiger partial charge on any atom is -0.392 e. The van der Waals surface area contributed by atoms with Crippen LogP contribution >= 0.6 is 0 Å². The molecular formula is C13H15N3O2. The normalized spacial score (nSPS) is 12.1. The number of carbonyl (C=O) groups is 1. The Bertz CT molecular complexity index is 506. The molecule has 1 aromatic carbocycles. The minimum atomic E-state index is -0.363. The summed E-state index contributed by atoms with van der Waals surface area (Å²) < 4.78 is 1.59. The van der Waals surface area contributed by atoms with Crippen LogP contribution in [0.25, 0.3) is 0 Å². The van der Waals surface area contributed by atoms with E-state index in [0.717, 1.165) is 5.56 Å². The Balaban J connectivity index is 2.02. The SMILES string of the molecule is CC(C(=O)Nc1ccc(CO)cc1)n1cccn1. The van der Waals surface area contributed by atoms with E-state index in [1.165, 1.54) is 0 Å². The van der Waals surface area contributed by atoms with Gasteiger partial charge in [-0.3, -0.25) is 9.48 Å². The molecule has 1 aromatic heterocycles. The first kappa shape index (κ1) is 12.3. The number of anilines is 1. The average Bonchev–Trinajstić information content (AvgIpc) is 2.92. The van der Waals surface area contributed by atoms with E-state index in [0.29, 0.717) is 5.69 Å². The fourth-order valence-electron chi connectivity index (χ4n) is 1.57. The van der Waals surface area contributed by atoms with Crippen LogP contribution in [-0.2, 0) is 11.4 Å². The van der Waals surface area contributed by atoms with Crippen molar-refractivity contribution in [3.8, 4) is 0 Å². The van der Waals surface area contributed by atoms with E-state index in [1.807, 2.05) is 0 Å². The molecule has 5 nitrogen and oxygen atoms in total. The van der Waals surface area contributed by atoms with Crippen molar-refractivity contribution >= 4 is 11.6 Å². The van der Waals surface area contributed by atoms with Gasteiger partial charge in [-0.15, -0.1) is 0 Å². The van der Waals surface area contributed by atoms with Crippen LogP contribution in [0.3, 0.4) is 0 Å². The van der Waals surface area contributed by atoms with Crippen molar-refractivity contribution in [2.45, 2.75) is 19.6 Å². The largest absolute Gasteiger partial charge is 0.392 e. The van der Waals surface area contributed by atoms with Gasteiger partial charge in [0.1, 0.15) is 6.04 Å². The molecule has 2 N–H and O–H groups in total. The maximum absolute atomic E-state index is 11.9. The van der Waals surface area contributed by atoms with Crippen molar-refractivity contribution in [2.24, 2.45) is 0 Å². The molecule has 2 rings (SSSR count). The summed E-state index contributed by atoms with van der Waals surface area (Å²) in [5.41, 5.74) is 1.52. The fraction of sp³-hybridized carbons (Fsp3) is 0.231. The highest BCUT2D eigenvalue weighted by Crippen LogP contribution is 2.12. The van der Waals surface area contributed by atoms with Gasteiger partial charge >= 0.3 is 0 Å². The zero-order valence-electron chi connectivity index (χ0n) is 10.1. The molecule has 0 aliphatic carbocycles. The summed E-state index contributed by atoms with van der Waals surface area (Å²) in [6.45, 7) is 1.78. The summed E-state index contributed by atoms with van der Waals surface area (Å²) >= 11 is 0. The smallest absolute Gasteiger partial charge is 0.248 e. The van der Waals surface area contributed by atoms with E-state index in [1.54, 1.807) is 54.3 Å². The van der Waals surface area contributed by atoms with Crippen LogP contribution < -0.4 is 5.32 Å². The standard InChI is InChI=1S/C13H15N3O2/c1-10(16-8-2-7-14-16)13(18)15-12-5-3-11(9-17)4-6-12/h2-8,10,17H,9H2,1H3,(H,15,18). The minimum absolute atomic E-state index is 0.00207. The molecule has 0 aliphatic rings. The van der Waals surface area contributed by atoms with E-state index >= 15 is 0 Å². The molecule has 1 unspecified atom stereocenters. The van der Waals surface area contributed by atoms with Crippen LogP contribution in [0.5, 0.6) is 0 Å². The molecule has 5 heteroatoms. The number of aromatic nitrogens is 2. The van der Waals surface area contributed by atoms with Crippen LogP contribution in [0, 0.1) is 0 Å². The molecule has 94 valence electrons. The Morgan fingerprint density at radius 2 is 2.17 bits per heavy atom. The van der Waals surface area contributed by atoms with Gasteiger partial charge in [0.25, 0.3) is 0 Å². The fourth-order valence-corrected chi connectivity index (χ4v) is 1.57. The summed E-state index contributed by atoms with van der Waals surface area (Å²) in [5.74, 6) is -0.129. The number of rotatable bonds is 4. The first-order valence-electron chi connectivity index (χ1n) is 5.70. The second-order valence-corrected chi connectivity index (χ2v) is 4.01. The van der Waals surface area contributed by atoms with Crippen LogP contribution in [0.2, 0.25) is 0 Å². The van der Waals surface area contributed by atoms with Crippen molar-refractivity contribution in [3.63, 3.8) is 0 Å². The van der Waals surface area contributed by atoms with E-state index in [9.17, 15) is 4.79 Å². The molecule has 0 fully saturated rings. The molecule has 0 radical (unpaired) electrons. The predicted octanol–water partition coefficient (Wildman–Crippen LogP) is 1.58. The van der Waals surface area contributed by atoms with Gasteiger partial charge in [0.2, 0.25) is 5.91 Å². The third-order valence-electron chi connectivity index (χ3n) is 2.71. The first-order valence-corrected chi connectivity index (χ1v) is 5.70. The summed E-state index contributed by atoms with van der Waals surface area (Å²) in [4.78, 5) is 11.9. The van der Waals surface area contributed by atoms with Crippen molar-refractivity contribution in [1.82, 2.24) is 9.78 Å². The highest BCUT2D eigenvalue weighted by molar-refractivity contribution is 5.93. The molecule has 0 bridgehead atoms. The maximum atomic E-state index is 11.9. The lowest BCUT2D eigenvalue weighted by Gasteiger charge is -2.12. The Morgan fingerprint density at radius 3 is 2.72 bits per heavy atom. The number of aliphatic hydroxyl groups is 1. The highest BCUT2D eigenvalue weighted by Gasteiger charge is 2.14. The first-order chi connectivity index (χ1) is 8.70. The van der Waals surface area contributed by atoms with Gasteiger partial charge in [-0.1, -0.05) is 12.1 Å². The lowest BCUT2D eigenvalue weighted by atomic mass is 10.2. The van der Waals surface area contributed by atoms with Gasteiger partial charge in [0.05, 0.1) is 6.61 Å². The lowest BCUT2D eigenvalue weighted by Crippen LogP contribution is -2.23. The third-order valence-corrected chi connectivity index (χ3v) is 2.71. The van der Waals surface area contributed by atoms with Crippen molar-refractivity contribution in [3.05, 3.63) is 48.3 Å². The van der Waals surface area contributed by atoms with Crippen LogP contribution in [0.4, 0.5) is 5.69 Å². The molecule has 0 saturated carbocycles. The van der Waals surface area contributed by atoms with E-state index in [2.05, 4.69) is 10.4 Å². The monoisotopic (exact) mass is 245 g/mol. The molecule has 1 amide bonds. The summed E-state index contributed by atoms with van der Waals surface area (Å²) in [6.07, 6.45) is 3.39. The maximum Gasteiger partial charge on any atom is 0.248 e. The molecule has 0 spiro atoms. The molecule has 2 aromatic rings. The third kappa shape index (κ3) is 2.75. The number of benzene rings is 1. The van der Waals surface area contributed by atoms with Crippen molar-refractivity contribution in [1.29, 1.82) is 0 Å². The molecule has 0 aliphatic heterocycles.